The number of carbonyl (C=O) groups is 1. The number of likely N-dealkylation sites (tertiary alicyclic amines) is 1. The smallest absolute Gasteiger partial charge is 0.224 e. The SMILES string of the molecule is CCNC(C)CC(=O)N1CCC(CC)(CC)CC1. The molecule has 1 saturated heterocycles. The van der Waals surface area contributed by atoms with Crippen LogP contribution < -0.4 is 5.32 Å². The lowest BCUT2D eigenvalue weighted by Gasteiger charge is -2.41. The van der Waals surface area contributed by atoms with Gasteiger partial charge in [-0.1, -0.05) is 33.6 Å². The number of rotatable bonds is 6. The second-order valence-corrected chi connectivity index (χ2v) is 5.75. The monoisotopic (exact) mass is 254 g/mol. The van der Waals surface area contributed by atoms with Gasteiger partial charge in [-0.2, -0.15) is 0 Å². The van der Waals surface area contributed by atoms with Crippen LogP contribution in [-0.4, -0.2) is 36.5 Å². The fraction of sp³-hybridized carbons (Fsp3) is 0.933. The molecule has 0 aromatic heterocycles. The predicted octanol–water partition coefficient (Wildman–Crippen LogP) is 2.80. The molecule has 0 aliphatic carbocycles. The molecule has 1 aliphatic heterocycles. The molecule has 1 rings (SSSR count). The van der Waals surface area contributed by atoms with E-state index in [4.69, 9.17) is 0 Å². The number of carbonyl (C=O) groups excluding carboxylic acids is 1. The molecule has 0 bridgehead atoms. The Balaban J connectivity index is 2.40. The lowest BCUT2D eigenvalue weighted by atomic mass is 9.74. The summed E-state index contributed by atoms with van der Waals surface area (Å²) in [5.74, 6) is 0.323. The summed E-state index contributed by atoms with van der Waals surface area (Å²) in [4.78, 5) is 14.2. The first-order valence-corrected chi connectivity index (χ1v) is 7.58. The Bertz CT molecular complexity index is 251. The highest BCUT2D eigenvalue weighted by molar-refractivity contribution is 5.76. The summed E-state index contributed by atoms with van der Waals surface area (Å²) in [6.07, 6.45) is 5.50. The highest BCUT2D eigenvalue weighted by Gasteiger charge is 2.32. The second kappa shape index (κ2) is 7.13. The number of nitrogens with zero attached hydrogens (tertiary/aromatic N) is 1. The van der Waals surface area contributed by atoms with Gasteiger partial charge in [0, 0.05) is 25.6 Å². The van der Waals surface area contributed by atoms with Gasteiger partial charge in [0.05, 0.1) is 0 Å². The first-order chi connectivity index (χ1) is 8.56. The van der Waals surface area contributed by atoms with Crippen LogP contribution in [0.4, 0.5) is 0 Å². The zero-order chi connectivity index (χ0) is 13.6. The van der Waals surface area contributed by atoms with E-state index < -0.39 is 0 Å². The van der Waals surface area contributed by atoms with Gasteiger partial charge in [0.25, 0.3) is 0 Å². The fourth-order valence-corrected chi connectivity index (χ4v) is 3.00. The van der Waals surface area contributed by atoms with E-state index in [1.807, 2.05) is 0 Å². The molecule has 0 radical (unpaired) electrons. The van der Waals surface area contributed by atoms with E-state index in [0.717, 1.165) is 19.6 Å². The Morgan fingerprint density at radius 3 is 2.22 bits per heavy atom. The molecule has 0 aromatic rings. The average Bonchev–Trinajstić information content (AvgIpc) is 2.39. The van der Waals surface area contributed by atoms with Crippen molar-refractivity contribution in [1.82, 2.24) is 10.2 Å². The highest BCUT2D eigenvalue weighted by atomic mass is 16.2. The van der Waals surface area contributed by atoms with Crippen molar-refractivity contribution < 1.29 is 4.79 Å². The van der Waals surface area contributed by atoms with Gasteiger partial charge in [-0.3, -0.25) is 4.79 Å². The van der Waals surface area contributed by atoms with E-state index in [2.05, 4.69) is 37.9 Å². The maximum atomic E-state index is 12.2. The summed E-state index contributed by atoms with van der Waals surface area (Å²) in [6, 6.07) is 0.298. The van der Waals surface area contributed by atoms with Crippen LogP contribution in [-0.2, 0) is 4.79 Å². The molecule has 0 spiro atoms. The summed E-state index contributed by atoms with van der Waals surface area (Å²) in [5.41, 5.74) is 0.504. The van der Waals surface area contributed by atoms with E-state index in [9.17, 15) is 4.79 Å². The number of amides is 1. The van der Waals surface area contributed by atoms with Gasteiger partial charge in [0.1, 0.15) is 0 Å². The summed E-state index contributed by atoms with van der Waals surface area (Å²) in [7, 11) is 0. The van der Waals surface area contributed by atoms with E-state index in [0.29, 0.717) is 23.8 Å². The minimum Gasteiger partial charge on any atom is -0.343 e. The van der Waals surface area contributed by atoms with Crippen molar-refractivity contribution in [2.24, 2.45) is 5.41 Å². The number of nitrogens with one attached hydrogen (secondary N) is 1. The summed E-state index contributed by atoms with van der Waals surface area (Å²) in [6.45, 7) is 11.6. The van der Waals surface area contributed by atoms with Crippen LogP contribution in [0, 0.1) is 5.41 Å². The van der Waals surface area contributed by atoms with Crippen LogP contribution in [0.15, 0.2) is 0 Å². The average molecular weight is 254 g/mol. The normalized spacial score (nSPS) is 20.8. The maximum Gasteiger partial charge on any atom is 0.224 e. The standard InChI is InChI=1S/C15H30N2O/c1-5-15(6-2)8-10-17(11-9-15)14(18)12-13(4)16-7-3/h13,16H,5-12H2,1-4H3. The van der Waals surface area contributed by atoms with Gasteiger partial charge >= 0.3 is 0 Å². The molecule has 3 nitrogen and oxygen atoms in total. The van der Waals surface area contributed by atoms with Crippen LogP contribution >= 0.6 is 0 Å². The molecule has 0 aromatic carbocycles. The Hall–Kier alpha value is -0.570. The molecule has 18 heavy (non-hydrogen) atoms. The molecule has 0 saturated carbocycles. The molecule has 1 aliphatic rings. The van der Waals surface area contributed by atoms with Crippen molar-refractivity contribution in [1.29, 1.82) is 0 Å². The third kappa shape index (κ3) is 3.98. The Morgan fingerprint density at radius 2 is 1.78 bits per heavy atom. The lowest BCUT2D eigenvalue weighted by Crippen LogP contribution is -2.44. The molecule has 1 fully saturated rings. The first kappa shape index (κ1) is 15.5. The van der Waals surface area contributed by atoms with Gasteiger partial charge in [-0.25, -0.2) is 0 Å². The van der Waals surface area contributed by atoms with E-state index in [1.54, 1.807) is 0 Å². The summed E-state index contributed by atoms with van der Waals surface area (Å²) in [5, 5.41) is 3.31. The van der Waals surface area contributed by atoms with Gasteiger partial charge in [0.15, 0.2) is 0 Å². The Morgan fingerprint density at radius 1 is 1.22 bits per heavy atom. The highest BCUT2D eigenvalue weighted by Crippen LogP contribution is 2.37. The molecular weight excluding hydrogens is 224 g/mol. The Labute approximate surface area is 112 Å². The molecular formula is C15H30N2O. The molecule has 1 amide bonds. The third-order valence-electron chi connectivity index (χ3n) is 4.71. The zero-order valence-corrected chi connectivity index (χ0v) is 12.6. The molecule has 1 N–H and O–H groups in total. The summed E-state index contributed by atoms with van der Waals surface area (Å²) >= 11 is 0. The molecule has 1 atom stereocenters. The van der Waals surface area contributed by atoms with Crippen molar-refractivity contribution in [3.63, 3.8) is 0 Å². The minimum absolute atomic E-state index is 0.298. The van der Waals surface area contributed by atoms with Crippen molar-refractivity contribution in [3.8, 4) is 0 Å². The second-order valence-electron chi connectivity index (χ2n) is 5.75. The minimum atomic E-state index is 0.298. The number of hydrogen-bond donors (Lipinski definition) is 1. The fourth-order valence-electron chi connectivity index (χ4n) is 3.00. The maximum absolute atomic E-state index is 12.2. The van der Waals surface area contributed by atoms with Crippen LogP contribution in [0.2, 0.25) is 0 Å². The van der Waals surface area contributed by atoms with Gasteiger partial charge in [0.2, 0.25) is 5.91 Å². The van der Waals surface area contributed by atoms with Crippen LogP contribution in [0.5, 0.6) is 0 Å². The molecule has 3 heteroatoms. The van der Waals surface area contributed by atoms with Crippen LogP contribution in [0.3, 0.4) is 0 Å². The van der Waals surface area contributed by atoms with E-state index in [-0.39, 0.29) is 0 Å². The molecule has 1 unspecified atom stereocenters. The summed E-state index contributed by atoms with van der Waals surface area (Å²) < 4.78 is 0. The van der Waals surface area contributed by atoms with Gasteiger partial charge < -0.3 is 10.2 Å². The van der Waals surface area contributed by atoms with Crippen molar-refractivity contribution in [3.05, 3.63) is 0 Å². The number of hydrogen-bond acceptors (Lipinski definition) is 2. The topological polar surface area (TPSA) is 32.3 Å². The zero-order valence-electron chi connectivity index (χ0n) is 12.6. The third-order valence-corrected chi connectivity index (χ3v) is 4.71. The van der Waals surface area contributed by atoms with Crippen molar-refractivity contribution in [2.75, 3.05) is 19.6 Å². The van der Waals surface area contributed by atoms with Gasteiger partial charge in [-0.15, -0.1) is 0 Å². The van der Waals surface area contributed by atoms with E-state index in [1.165, 1.54) is 25.7 Å². The number of piperidine rings is 1. The predicted molar refractivity (Wildman–Crippen MR) is 76.6 cm³/mol. The first-order valence-electron chi connectivity index (χ1n) is 7.58. The van der Waals surface area contributed by atoms with Crippen molar-refractivity contribution in [2.45, 2.75) is 65.8 Å². The molecule has 106 valence electrons. The largest absolute Gasteiger partial charge is 0.343 e. The molecule has 1 heterocycles. The quantitative estimate of drug-likeness (QED) is 0.790. The Kier molecular flexibility index (Phi) is 6.13. The van der Waals surface area contributed by atoms with Gasteiger partial charge in [-0.05, 0) is 31.7 Å². The van der Waals surface area contributed by atoms with E-state index >= 15 is 0 Å². The van der Waals surface area contributed by atoms with Crippen LogP contribution in [0.25, 0.3) is 0 Å². The lowest BCUT2D eigenvalue weighted by molar-refractivity contribution is -0.134. The van der Waals surface area contributed by atoms with Crippen LogP contribution in [0.1, 0.15) is 59.8 Å². The van der Waals surface area contributed by atoms with Crippen molar-refractivity contribution >= 4 is 5.91 Å².